The van der Waals surface area contributed by atoms with Crippen LogP contribution in [-0.4, -0.2) is 42.0 Å². The second-order valence-corrected chi connectivity index (χ2v) is 2.81. The molecule has 0 aliphatic rings. The number of hydrogen-bond acceptors (Lipinski definition) is 4. The Hall–Kier alpha value is -0.650. The second kappa shape index (κ2) is 7.97. The Kier molecular flexibility index (Phi) is 7.57. The van der Waals surface area contributed by atoms with Gasteiger partial charge in [-0.05, 0) is 13.3 Å². The Labute approximate surface area is 78.1 Å². The van der Waals surface area contributed by atoms with Crippen molar-refractivity contribution in [3.63, 3.8) is 0 Å². The third-order valence-electron chi connectivity index (χ3n) is 1.45. The van der Waals surface area contributed by atoms with Crippen LogP contribution in [0, 0.1) is 0 Å². The van der Waals surface area contributed by atoms with E-state index in [0.717, 1.165) is 0 Å². The maximum Gasteiger partial charge on any atom is 0.221 e. The summed E-state index contributed by atoms with van der Waals surface area (Å²) in [6.07, 6.45) is 0.344. The van der Waals surface area contributed by atoms with Crippen LogP contribution >= 0.6 is 0 Å². The van der Waals surface area contributed by atoms with Gasteiger partial charge in [-0.2, -0.15) is 0 Å². The SMILES string of the molecule is CC(O)NCCC(=O)NCCCO. The van der Waals surface area contributed by atoms with Crippen molar-refractivity contribution in [3.05, 3.63) is 0 Å². The highest BCUT2D eigenvalue weighted by Gasteiger charge is 2.00. The number of nitrogens with one attached hydrogen (secondary N) is 2. The zero-order chi connectivity index (χ0) is 10.1. The van der Waals surface area contributed by atoms with Gasteiger partial charge in [0.2, 0.25) is 5.91 Å². The van der Waals surface area contributed by atoms with Gasteiger partial charge in [0.15, 0.2) is 0 Å². The molecule has 0 aliphatic carbocycles. The van der Waals surface area contributed by atoms with Gasteiger partial charge in [0.25, 0.3) is 0 Å². The van der Waals surface area contributed by atoms with Crippen LogP contribution in [0.3, 0.4) is 0 Å². The molecular formula is C8H18N2O3. The highest BCUT2D eigenvalue weighted by Crippen LogP contribution is 1.80. The van der Waals surface area contributed by atoms with Gasteiger partial charge < -0.3 is 15.5 Å². The summed E-state index contributed by atoms with van der Waals surface area (Å²) in [6.45, 7) is 2.66. The fourth-order valence-electron chi connectivity index (χ4n) is 0.790. The summed E-state index contributed by atoms with van der Waals surface area (Å²) >= 11 is 0. The van der Waals surface area contributed by atoms with Crippen LogP contribution in [0.4, 0.5) is 0 Å². The van der Waals surface area contributed by atoms with Crippen molar-refractivity contribution in [2.75, 3.05) is 19.7 Å². The molecule has 0 aromatic heterocycles. The van der Waals surface area contributed by atoms with Crippen LogP contribution < -0.4 is 10.6 Å². The van der Waals surface area contributed by atoms with Crippen LogP contribution in [-0.2, 0) is 4.79 Å². The summed E-state index contributed by atoms with van der Waals surface area (Å²) in [5, 5.41) is 22.6. The van der Waals surface area contributed by atoms with Crippen molar-refractivity contribution in [3.8, 4) is 0 Å². The Bertz CT molecular complexity index is 139. The maximum atomic E-state index is 11.0. The molecule has 0 saturated heterocycles. The maximum absolute atomic E-state index is 11.0. The zero-order valence-corrected chi connectivity index (χ0v) is 7.92. The lowest BCUT2D eigenvalue weighted by Gasteiger charge is -2.07. The molecule has 0 radical (unpaired) electrons. The quantitative estimate of drug-likeness (QED) is 0.300. The van der Waals surface area contributed by atoms with Gasteiger partial charge in [0, 0.05) is 26.1 Å². The fraction of sp³-hybridized carbons (Fsp3) is 0.875. The number of rotatable bonds is 7. The van der Waals surface area contributed by atoms with Crippen LogP contribution in [0.15, 0.2) is 0 Å². The monoisotopic (exact) mass is 190 g/mol. The molecule has 4 N–H and O–H groups in total. The van der Waals surface area contributed by atoms with E-state index in [1.807, 2.05) is 0 Å². The van der Waals surface area contributed by atoms with Gasteiger partial charge in [-0.3, -0.25) is 10.1 Å². The molecule has 0 spiro atoms. The van der Waals surface area contributed by atoms with E-state index in [1.165, 1.54) is 0 Å². The fourth-order valence-corrected chi connectivity index (χ4v) is 0.790. The number of carbonyl (C=O) groups is 1. The van der Waals surface area contributed by atoms with E-state index >= 15 is 0 Å². The second-order valence-electron chi connectivity index (χ2n) is 2.81. The Morgan fingerprint density at radius 3 is 2.69 bits per heavy atom. The highest BCUT2D eigenvalue weighted by molar-refractivity contribution is 5.75. The summed E-state index contributed by atoms with van der Waals surface area (Å²) in [4.78, 5) is 11.0. The van der Waals surface area contributed by atoms with E-state index in [4.69, 9.17) is 10.2 Å². The molecule has 13 heavy (non-hydrogen) atoms. The molecule has 0 rings (SSSR count). The van der Waals surface area contributed by atoms with E-state index in [2.05, 4.69) is 10.6 Å². The van der Waals surface area contributed by atoms with Crippen molar-refractivity contribution in [1.82, 2.24) is 10.6 Å². The molecule has 0 aliphatic heterocycles. The van der Waals surface area contributed by atoms with Gasteiger partial charge in [-0.25, -0.2) is 0 Å². The summed E-state index contributed by atoms with van der Waals surface area (Å²) in [5.41, 5.74) is 0. The minimum absolute atomic E-state index is 0.0680. The molecule has 1 amide bonds. The highest BCUT2D eigenvalue weighted by atomic mass is 16.3. The molecule has 1 unspecified atom stereocenters. The van der Waals surface area contributed by atoms with E-state index < -0.39 is 6.23 Å². The number of aliphatic hydroxyl groups is 2. The molecular weight excluding hydrogens is 172 g/mol. The minimum Gasteiger partial charge on any atom is -0.396 e. The van der Waals surface area contributed by atoms with Crippen molar-refractivity contribution in [1.29, 1.82) is 0 Å². The van der Waals surface area contributed by atoms with Crippen LogP contribution in [0.25, 0.3) is 0 Å². The van der Waals surface area contributed by atoms with E-state index in [0.29, 0.717) is 25.9 Å². The molecule has 1 atom stereocenters. The minimum atomic E-state index is -0.578. The van der Waals surface area contributed by atoms with Gasteiger partial charge in [-0.1, -0.05) is 0 Å². The zero-order valence-electron chi connectivity index (χ0n) is 7.92. The Morgan fingerprint density at radius 2 is 2.15 bits per heavy atom. The summed E-state index contributed by atoms with van der Waals surface area (Å²) in [6, 6.07) is 0. The summed E-state index contributed by atoms with van der Waals surface area (Å²) in [7, 11) is 0. The molecule has 5 heteroatoms. The van der Waals surface area contributed by atoms with E-state index in [9.17, 15) is 4.79 Å². The average Bonchev–Trinajstić information content (AvgIpc) is 2.04. The first-order chi connectivity index (χ1) is 6.16. The standard InChI is InChI=1S/C8H18N2O3/c1-7(12)9-5-3-8(13)10-4-2-6-11/h7,9,11-12H,2-6H2,1H3,(H,10,13). The molecule has 0 saturated carbocycles. The predicted molar refractivity (Wildman–Crippen MR) is 49.0 cm³/mol. The van der Waals surface area contributed by atoms with Crippen LogP contribution in [0.1, 0.15) is 19.8 Å². The van der Waals surface area contributed by atoms with Crippen LogP contribution in [0.2, 0.25) is 0 Å². The molecule has 0 aromatic carbocycles. The van der Waals surface area contributed by atoms with Crippen molar-refractivity contribution < 1.29 is 15.0 Å². The van der Waals surface area contributed by atoms with Crippen LogP contribution in [0.5, 0.6) is 0 Å². The normalized spacial score (nSPS) is 12.5. The smallest absolute Gasteiger partial charge is 0.221 e. The first-order valence-electron chi connectivity index (χ1n) is 4.46. The molecule has 0 bridgehead atoms. The Balaban J connectivity index is 3.20. The van der Waals surface area contributed by atoms with Gasteiger partial charge in [-0.15, -0.1) is 0 Å². The lowest BCUT2D eigenvalue weighted by molar-refractivity contribution is -0.121. The number of hydrogen-bond donors (Lipinski definition) is 4. The molecule has 0 aromatic rings. The van der Waals surface area contributed by atoms with Gasteiger partial charge in [0.05, 0.1) is 0 Å². The number of amides is 1. The average molecular weight is 190 g/mol. The molecule has 5 nitrogen and oxygen atoms in total. The van der Waals surface area contributed by atoms with Gasteiger partial charge in [0.1, 0.15) is 6.23 Å². The molecule has 0 fully saturated rings. The largest absolute Gasteiger partial charge is 0.396 e. The van der Waals surface area contributed by atoms with Crippen molar-refractivity contribution >= 4 is 5.91 Å². The Morgan fingerprint density at radius 1 is 1.46 bits per heavy atom. The van der Waals surface area contributed by atoms with E-state index in [-0.39, 0.29) is 12.5 Å². The molecule has 78 valence electrons. The number of aliphatic hydroxyl groups excluding tert-OH is 2. The van der Waals surface area contributed by atoms with E-state index in [1.54, 1.807) is 6.92 Å². The topological polar surface area (TPSA) is 81.6 Å². The predicted octanol–water partition coefficient (Wildman–Crippen LogP) is -1.20. The number of carbonyl (C=O) groups excluding carboxylic acids is 1. The summed E-state index contributed by atoms with van der Waals surface area (Å²) in [5.74, 6) is -0.0680. The first kappa shape index (κ1) is 12.3. The molecule has 0 heterocycles. The summed E-state index contributed by atoms with van der Waals surface area (Å²) < 4.78 is 0. The lowest BCUT2D eigenvalue weighted by Crippen LogP contribution is -2.32. The van der Waals surface area contributed by atoms with Crippen molar-refractivity contribution in [2.45, 2.75) is 26.0 Å². The van der Waals surface area contributed by atoms with Gasteiger partial charge >= 0.3 is 0 Å². The lowest BCUT2D eigenvalue weighted by atomic mass is 10.3. The first-order valence-corrected chi connectivity index (χ1v) is 4.46. The third-order valence-corrected chi connectivity index (χ3v) is 1.45. The van der Waals surface area contributed by atoms with Crippen molar-refractivity contribution in [2.24, 2.45) is 0 Å². The third kappa shape index (κ3) is 9.26.